The number of methoxy groups -OCH3 is 1. The monoisotopic (exact) mass is 338 g/mol. The predicted octanol–water partition coefficient (Wildman–Crippen LogP) is 4.51. The summed E-state index contributed by atoms with van der Waals surface area (Å²) >= 11 is 0. The summed E-state index contributed by atoms with van der Waals surface area (Å²) < 4.78 is 5.29. The summed E-state index contributed by atoms with van der Waals surface area (Å²) in [5, 5.41) is 20.0. The van der Waals surface area contributed by atoms with Gasteiger partial charge >= 0.3 is 0 Å². The number of carbonyl (C=O) groups excluding carboxylic acids is 1. The van der Waals surface area contributed by atoms with Gasteiger partial charge in [-0.25, -0.2) is 0 Å². The fourth-order valence-electron chi connectivity index (χ4n) is 2.40. The van der Waals surface area contributed by atoms with Crippen molar-refractivity contribution in [3.05, 3.63) is 70.8 Å². The minimum absolute atomic E-state index is 0.0672. The molecule has 0 aromatic heterocycles. The maximum Gasteiger partial charge on any atom is 0.189 e. The summed E-state index contributed by atoms with van der Waals surface area (Å²) in [6.45, 7) is 3.94. The van der Waals surface area contributed by atoms with Crippen molar-refractivity contribution in [3.63, 3.8) is 0 Å². The summed E-state index contributed by atoms with van der Waals surface area (Å²) in [6.07, 6.45) is 5.42. The van der Waals surface area contributed by atoms with E-state index in [9.17, 15) is 15.0 Å². The number of benzene rings is 2. The highest BCUT2D eigenvalue weighted by molar-refractivity contribution is 6.09. The van der Waals surface area contributed by atoms with Crippen LogP contribution in [0.1, 0.15) is 35.3 Å². The zero-order valence-electron chi connectivity index (χ0n) is 14.6. The lowest BCUT2D eigenvalue weighted by Crippen LogP contribution is -2.00. The summed E-state index contributed by atoms with van der Waals surface area (Å²) in [7, 11) is 1.53. The van der Waals surface area contributed by atoms with Crippen LogP contribution >= 0.6 is 0 Å². The number of hydrogen-bond acceptors (Lipinski definition) is 4. The number of carbonyl (C=O) groups is 1. The molecule has 0 fully saturated rings. The van der Waals surface area contributed by atoms with Crippen LogP contribution < -0.4 is 4.74 Å². The first-order chi connectivity index (χ1) is 11.9. The van der Waals surface area contributed by atoms with Crippen molar-refractivity contribution in [2.45, 2.75) is 20.3 Å². The maximum atomic E-state index is 12.4. The number of allylic oxidation sites excluding steroid dienone is 3. The fraction of sp³-hybridized carbons (Fsp3) is 0.190. The normalized spacial score (nSPS) is 10.7. The molecule has 4 nitrogen and oxygen atoms in total. The number of phenolic OH excluding ortho intramolecular Hbond substituents is 2. The standard InChI is InChI=1S/C21H22O4/c1-14(2)7-9-18-20(25-3)12-10-17(21(18)24)19(23)11-8-15-5-4-6-16(22)13-15/h4-8,10-13,22,24H,9H2,1-3H3. The van der Waals surface area contributed by atoms with E-state index in [-0.39, 0.29) is 22.8 Å². The molecule has 0 saturated heterocycles. The number of aromatic hydroxyl groups is 2. The lowest BCUT2D eigenvalue weighted by molar-refractivity contribution is 0.104. The zero-order chi connectivity index (χ0) is 18.4. The quantitative estimate of drug-likeness (QED) is 0.462. The van der Waals surface area contributed by atoms with Crippen LogP contribution in [0.25, 0.3) is 6.08 Å². The van der Waals surface area contributed by atoms with Gasteiger partial charge in [-0.15, -0.1) is 0 Å². The molecule has 2 N–H and O–H groups in total. The first kappa shape index (κ1) is 18.3. The number of ketones is 1. The minimum Gasteiger partial charge on any atom is -0.508 e. The van der Waals surface area contributed by atoms with E-state index in [1.807, 2.05) is 19.9 Å². The van der Waals surface area contributed by atoms with E-state index in [4.69, 9.17) is 4.74 Å². The molecular weight excluding hydrogens is 316 g/mol. The molecule has 0 aliphatic carbocycles. The van der Waals surface area contributed by atoms with E-state index in [0.29, 0.717) is 23.3 Å². The van der Waals surface area contributed by atoms with Crippen molar-refractivity contribution < 1.29 is 19.7 Å². The first-order valence-electron chi connectivity index (χ1n) is 7.96. The third-order valence-corrected chi connectivity index (χ3v) is 3.74. The molecule has 0 aliphatic rings. The molecule has 0 radical (unpaired) electrons. The van der Waals surface area contributed by atoms with Gasteiger partial charge in [0.2, 0.25) is 0 Å². The van der Waals surface area contributed by atoms with Crippen LogP contribution in [0.5, 0.6) is 17.2 Å². The Bertz CT molecular complexity index is 828. The molecule has 25 heavy (non-hydrogen) atoms. The first-order valence-corrected chi connectivity index (χ1v) is 7.96. The molecule has 0 bridgehead atoms. The van der Waals surface area contributed by atoms with Crippen LogP contribution in [0.4, 0.5) is 0 Å². The van der Waals surface area contributed by atoms with Gasteiger partial charge in [-0.3, -0.25) is 4.79 Å². The Morgan fingerprint density at radius 1 is 1.16 bits per heavy atom. The Hall–Kier alpha value is -3.01. The van der Waals surface area contributed by atoms with Gasteiger partial charge in [-0.1, -0.05) is 29.9 Å². The van der Waals surface area contributed by atoms with Crippen LogP contribution in [0, 0.1) is 0 Å². The second kappa shape index (κ2) is 8.20. The van der Waals surface area contributed by atoms with Crippen LogP contribution in [-0.4, -0.2) is 23.1 Å². The molecule has 0 aliphatic heterocycles. The summed E-state index contributed by atoms with van der Waals surface area (Å²) in [4.78, 5) is 12.4. The Labute approximate surface area is 147 Å². The van der Waals surface area contributed by atoms with E-state index in [1.165, 1.54) is 13.2 Å². The van der Waals surface area contributed by atoms with E-state index in [1.54, 1.807) is 42.5 Å². The van der Waals surface area contributed by atoms with Crippen LogP contribution in [-0.2, 0) is 6.42 Å². The number of hydrogen-bond donors (Lipinski definition) is 2. The molecular formula is C21H22O4. The third kappa shape index (κ3) is 4.73. The van der Waals surface area contributed by atoms with Gasteiger partial charge in [-0.05, 0) is 56.2 Å². The van der Waals surface area contributed by atoms with Crippen molar-refractivity contribution >= 4 is 11.9 Å². The van der Waals surface area contributed by atoms with Crippen molar-refractivity contribution in [3.8, 4) is 17.2 Å². The largest absolute Gasteiger partial charge is 0.508 e. The lowest BCUT2D eigenvalue weighted by atomic mass is 10.0. The average molecular weight is 338 g/mol. The molecule has 130 valence electrons. The lowest BCUT2D eigenvalue weighted by Gasteiger charge is -2.12. The van der Waals surface area contributed by atoms with E-state index in [0.717, 1.165) is 5.57 Å². The molecule has 2 aromatic rings. The van der Waals surface area contributed by atoms with E-state index < -0.39 is 0 Å². The average Bonchev–Trinajstić information content (AvgIpc) is 2.58. The second-order valence-electron chi connectivity index (χ2n) is 5.92. The number of rotatable bonds is 6. The molecule has 2 aromatic carbocycles. The van der Waals surface area contributed by atoms with Gasteiger partial charge < -0.3 is 14.9 Å². The van der Waals surface area contributed by atoms with Gasteiger partial charge in [0, 0.05) is 5.56 Å². The van der Waals surface area contributed by atoms with Gasteiger partial charge in [0.1, 0.15) is 17.2 Å². The van der Waals surface area contributed by atoms with E-state index in [2.05, 4.69) is 0 Å². The van der Waals surface area contributed by atoms with Gasteiger partial charge in [-0.2, -0.15) is 0 Å². The van der Waals surface area contributed by atoms with Crippen LogP contribution in [0.15, 0.2) is 54.1 Å². The molecule has 2 rings (SSSR count). The second-order valence-corrected chi connectivity index (χ2v) is 5.92. The van der Waals surface area contributed by atoms with Crippen LogP contribution in [0.2, 0.25) is 0 Å². The zero-order valence-corrected chi connectivity index (χ0v) is 14.6. The Morgan fingerprint density at radius 2 is 1.92 bits per heavy atom. The fourth-order valence-corrected chi connectivity index (χ4v) is 2.40. The highest BCUT2D eigenvalue weighted by atomic mass is 16.5. The molecule has 4 heteroatoms. The summed E-state index contributed by atoms with van der Waals surface area (Å²) in [5.41, 5.74) is 2.61. The van der Waals surface area contributed by atoms with Crippen molar-refractivity contribution in [2.24, 2.45) is 0 Å². The highest BCUT2D eigenvalue weighted by Crippen LogP contribution is 2.32. The van der Waals surface area contributed by atoms with Crippen molar-refractivity contribution in [1.82, 2.24) is 0 Å². The molecule has 0 atom stereocenters. The molecule has 0 spiro atoms. The number of ether oxygens (including phenoxy) is 1. The highest BCUT2D eigenvalue weighted by Gasteiger charge is 2.16. The smallest absolute Gasteiger partial charge is 0.189 e. The number of phenols is 2. The predicted molar refractivity (Wildman–Crippen MR) is 99.3 cm³/mol. The molecule has 0 saturated carbocycles. The summed E-state index contributed by atoms with van der Waals surface area (Å²) in [6, 6.07) is 9.82. The van der Waals surface area contributed by atoms with Gasteiger partial charge in [0.25, 0.3) is 0 Å². The third-order valence-electron chi connectivity index (χ3n) is 3.74. The van der Waals surface area contributed by atoms with Crippen molar-refractivity contribution in [1.29, 1.82) is 0 Å². The Balaban J connectivity index is 2.33. The molecule has 0 heterocycles. The van der Waals surface area contributed by atoms with Crippen LogP contribution in [0.3, 0.4) is 0 Å². The summed E-state index contributed by atoms with van der Waals surface area (Å²) in [5.74, 6) is 0.291. The SMILES string of the molecule is COc1ccc(C(=O)C=Cc2cccc(O)c2)c(O)c1CC=C(C)C. The van der Waals surface area contributed by atoms with Gasteiger partial charge in [0.05, 0.1) is 12.7 Å². The maximum absolute atomic E-state index is 12.4. The molecule has 0 amide bonds. The van der Waals surface area contributed by atoms with E-state index >= 15 is 0 Å². The topological polar surface area (TPSA) is 66.8 Å². The Morgan fingerprint density at radius 3 is 2.56 bits per heavy atom. The Kier molecular flexibility index (Phi) is 6.01. The van der Waals surface area contributed by atoms with Gasteiger partial charge in [0.15, 0.2) is 5.78 Å². The molecule has 0 unspecified atom stereocenters. The minimum atomic E-state index is -0.318. The van der Waals surface area contributed by atoms with Crippen molar-refractivity contribution in [2.75, 3.05) is 7.11 Å².